The first-order valence-corrected chi connectivity index (χ1v) is 10.5. The lowest BCUT2D eigenvalue weighted by Crippen LogP contribution is -2.32. The first kappa shape index (κ1) is 18.6. The Labute approximate surface area is 154 Å². The summed E-state index contributed by atoms with van der Waals surface area (Å²) in [4.78, 5) is 24.3. The third-order valence-electron chi connectivity index (χ3n) is 4.83. The lowest BCUT2D eigenvalue weighted by atomic mass is 9.97. The van der Waals surface area contributed by atoms with Gasteiger partial charge < -0.3 is 5.32 Å². The highest BCUT2D eigenvalue weighted by Crippen LogP contribution is 2.30. The van der Waals surface area contributed by atoms with Crippen LogP contribution in [0.1, 0.15) is 55.3 Å². The van der Waals surface area contributed by atoms with Gasteiger partial charge >= 0.3 is 0 Å². The van der Waals surface area contributed by atoms with Crippen LogP contribution in [0.2, 0.25) is 0 Å². The molecule has 0 spiro atoms. The van der Waals surface area contributed by atoms with E-state index >= 15 is 0 Å². The molecular weight excluding hydrogens is 352 g/mol. The third kappa shape index (κ3) is 3.98. The summed E-state index contributed by atoms with van der Waals surface area (Å²) >= 11 is 0. The van der Waals surface area contributed by atoms with E-state index in [-0.39, 0.29) is 29.3 Å². The lowest BCUT2D eigenvalue weighted by Gasteiger charge is -2.15. The number of carbonyl (C=O) groups is 2. The Balaban J connectivity index is 1.44. The van der Waals surface area contributed by atoms with Gasteiger partial charge in [0.25, 0.3) is 15.9 Å². The molecule has 6 nitrogen and oxygen atoms in total. The Morgan fingerprint density at radius 1 is 1.19 bits per heavy atom. The summed E-state index contributed by atoms with van der Waals surface area (Å²) in [5.74, 6) is -0.617. The highest BCUT2D eigenvalue weighted by molar-refractivity contribution is 7.90. The molecule has 1 aromatic carbocycles. The minimum absolute atomic E-state index is 0.0222. The smallest absolute Gasteiger partial charge is 0.269 e. The van der Waals surface area contributed by atoms with Gasteiger partial charge in [-0.25, -0.2) is 12.7 Å². The Bertz CT molecular complexity index is 830. The second-order valence-electron chi connectivity index (χ2n) is 6.69. The van der Waals surface area contributed by atoms with E-state index in [9.17, 15) is 18.0 Å². The zero-order valence-electron chi connectivity index (χ0n) is 14.7. The van der Waals surface area contributed by atoms with Crippen molar-refractivity contribution in [3.63, 3.8) is 0 Å². The molecule has 26 heavy (non-hydrogen) atoms. The molecule has 1 aromatic rings. The van der Waals surface area contributed by atoms with Gasteiger partial charge in [0.2, 0.25) is 5.91 Å². The molecule has 0 radical (unpaired) electrons. The molecule has 0 saturated carbocycles. The van der Waals surface area contributed by atoms with Gasteiger partial charge in [0.15, 0.2) is 0 Å². The number of sulfonamides is 1. The first-order valence-electron chi connectivity index (χ1n) is 9.11. The minimum Gasteiger partial charge on any atom is -0.356 e. The van der Waals surface area contributed by atoms with Gasteiger partial charge in [-0.15, -0.1) is 0 Å². The van der Waals surface area contributed by atoms with Gasteiger partial charge in [-0.1, -0.05) is 23.8 Å². The van der Waals surface area contributed by atoms with E-state index in [2.05, 4.69) is 11.4 Å². The summed E-state index contributed by atoms with van der Waals surface area (Å²) in [6.45, 7) is 0.630. The maximum atomic E-state index is 12.4. The van der Waals surface area contributed by atoms with Gasteiger partial charge in [0.05, 0.1) is 5.56 Å². The molecule has 140 valence electrons. The molecule has 1 N–H and O–H groups in total. The average molecular weight is 376 g/mol. The summed E-state index contributed by atoms with van der Waals surface area (Å²) in [6.07, 6.45) is 8.37. The number of nitrogens with zero attached hydrogens (tertiary/aromatic N) is 1. The molecule has 3 rings (SSSR count). The Hall–Kier alpha value is -2.15. The highest BCUT2D eigenvalue weighted by Gasteiger charge is 2.40. The van der Waals surface area contributed by atoms with Crippen LogP contribution in [0.3, 0.4) is 0 Å². The molecule has 0 aromatic heterocycles. The fraction of sp³-hybridized carbons (Fsp3) is 0.474. The van der Waals surface area contributed by atoms with Crippen molar-refractivity contribution in [1.82, 2.24) is 9.62 Å². The van der Waals surface area contributed by atoms with E-state index in [0.717, 1.165) is 23.6 Å². The van der Waals surface area contributed by atoms with Crippen LogP contribution in [0.5, 0.6) is 0 Å². The van der Waals surface area contributed by atoms with Crippen molar-refractivity contribution in [2.45, 2.75) is 49.8 Å². The average Bonchev–Trinajstić information content (AvgIpc) is 2.84. The van der Waals surface area contributed by atoms with Crippen LogP contribution in [-0.2, 0) is 14.8 Å². The second-order valence-corrected chi connectivity index (χ2v) is 8.52. The number of amides is 2. The third-order valence-corrected chi connectivity index (χ3v) is 6.67. The number of benzene rings is 1. The maximum absolute atomic E-state index is 12.4. The predicted molar refractivity (Wildman–Crippen MR) is 98.1 cm³/mol. The number of allylic oxidation sites excluding steroid dienone is 1. The van der Waals surface area contributed by atoms with Crippen LogP contribution in [-0.4, -0.2) is 37.6 Å². The van der Waals surface area contributed by atoms with Crippen LogP contribution < -0.4 is 5.32 Å². The Morgan fingerprint density at radius 3 is 2.73 bits per heavy atom. The van der Waals surface area contributed by atoms with Gasteiger partial charge in [-0.05, 0) is 50.7 Å². The zero-order chi connectivity index (χ0) is 18.6. The first-order chi connectivity index (χ1) is 12.5. The van der Waals surface area contributed by atoms with Crippen molar-refractivity contribution in [1.29, 1.82) is 0 Å². The van der Waals surface area contributed by atoms with Crippen LogP contribution in [0.25, 0.3) is 0 Å². The van der Waals surface area contributed by atoms with Crippen molar-refractivity contribution in [3.05, 3.63) is 41.5 Å². The van der Waals surface area contributed by atoms with E-state index in [1.807, 2.05) is 0 Å². The summed E-state index contributed by atoms with van der Waals surface area (Å²) < 4.78 is 25.7. The molecule has 0 atom stereocenters. The van der Waals surface area contributed by atoms with Crippen LogP contribution in [0.15, 0.2) is 40.8 Å². The summed E-state index contributed by atoms with van der Waals surface area (Å²) in [7, 11) is -3.78. The van der Waals surface area contributed by atoms with Crippen LogP contribution in [0, 0.1) is 0 Å². The number of fused-ring (bicyclic) bond motifs is 1. The van der Waals surface area contributed by atoms with E-state index in [1.54, 1.807) is 12.1 Å². The SMILES string of the molecule is O=C(CCCN1C(=O)c2ccccc2S1(=O)=O)NCCC1=CCCCC1. The standard InChI is InChI=1S/C19H24N2O4S/c22-18(20-13-12-15-7-2-1-3-8-15)11-6-14-21-19(23)16-9-4-5-10-17(16)26(21,24)25/h4-5,7,9-10H,1-3,6,8,11-14H2,(H,20,22). The fourth-order valence-corrected chi connectivity index (χ4v) is 5.03. The summed E-state index contributed by atoms with van der Waals surface area (Å²) in [5.41, 5.74) is 1.61. The van der Waals surface area contributed by atoms with Gasteiger partial charge in [-0.2, -0.15) is 0 Å². The monoisotopic (exact) mass is 376 g/mol. The molecule has 1 aliphatic heterocycles. The normalized spacial score (nSPS) is 18.4. The molecule has 1 aliphatic carbocycles. The van der Waals surface area contributed by atoms with E-state index < -0.39 is 15.9 Å². The minimum atomic E-state index is -3.78. The van der Waals surface area contributed by atoms with Gasteiger partial charge in [0.1, 0.15) is 4.90 Å². The molecule has 0 saturated heterocycles. The molecular formula is C19H24N2O4S. The summed E-state index contributed by atoms with van der Waals surface area (Å²) in [6, 6.07) is 6.20. The molecule has 2 aliphatic rings. The van der Waals surface area contributed by atoms with E-state index in [1.165, 1.54) is 30.5 Å². The summed E-state index contributed by atoms with van der Waals surface area (Å²) in [5, 5.41) is 2.87. The van der Waals surface area contributed by atoms with E-state index in [4.69, 9.17) is 0 Å². The molecule has 1 heterocycles. The maximum Gasteiger partial charge on any atom is 0.269 e. The highest BCUT2D eigenvalue weighted by atomic mass is 32.2. The van der Waals surface area contributed by atoms with Crippen molar-refractivity contribution in [2.75, 3.05) is 13.1 Å². The number of hydrogen-bond acceptors (Lipinski definition) is 4. The van der Waals surface area contributed by atoms with Crippen molar-refractivity contribution in [3.8, 4) is 0 Å². The molecule has 0 unspecified atom stereocenters. The lowest BCUT2D eigenvalue weighted by molar-refractivity contribution is -0.121. The largest absolute Gasteiger partial charge is 0.356 e. The van der Waals surface area contributed by atoms with Crippen LogP contribution >= 0.6 is 0 Å². The molecule has 7 heteroatoms. The Morgan fingerprint density at radius 2 is 2.00 bits per heavy atom. The fourth-order valence-electron chi connectivity index (χ4n) is 3.42. The van der Waals surface area contributed by atoms with Gasteiger partial charge in [0, 0.05) is 19.5 Å². The number of rotatable bonds is 7. The molecule has 2 amide bonds. The van der Waals surface area contributed by atoms with Crippen LogP contribution in [0.4, 0.5) is 0 Å². The van der Waals surface area contributed by atoms with Gasteiger partial charge in [-0.3, -0.25) is 9.59 Å². The number of hydrogen-bond donors (Lipinski definition) is 1. The van der Waals surface area contributed by atoms with Crippen molar-refractivity contribution >= 4 is 21.8 Å². The zero-order valence-corrected chi connectivity index (χ0v) is 15.6. The quantitative estimate of drug-likeness (QED) is 0.742. The Kier molecular flexibility index (Phi) is 5.76. The molecule has 0 bridgehead atoms. The molecule has 0 fully saturated rings. The number of nitrogens with one attached hydrogen (secondary N) is 1. The topological polar surface area (TPSA) is 83.6 Å². The second kappa shape index (κ2) is 8.03. The number of carbonyl (C=O) groups excluding carboxylic acids is 2. The van der Waals surface area contributed by atoms with E-state index in [0.29, 0.717) is 13.0 Å². The predicted octanol–water partition coefficient (Wildman–Crippen LogP) is 2.62. The van der Waals surface area contributed by atoms with Crippen molar-refractivity contribution in [2.24, 2.45) is 0 Å². The van der Waals surface area contributed by atoms with Crippen molar-refractivity contribution < 1.29 is 18.0 Å².